The van der Waals surface area contributed by atoms with Gasteiger partial charge in [-0.2, -0.15) is 8.78 Å². The molecule has 1 fully saturated rings. The second-order valence-corrected chi connectivity index (χ2v) is 5.78. The van der Waals surface area contributed by atoms with Crippen LogP contribution in [0.15, 0.2) is 18.2 Å². The molecule has 0 spiro atoms. The van der Waals surface area contributed by atoms with Crippen LogP contribution >= 0.6 is 0 Å². The van der Waals surface area contributed by atoms with Gasteiger partial charge in [-0.3, -0.25) is 0 Å². The Morgan fingerprint density at radius 2 is 2.10 bits per heavy atom. The number of ether oxygens (including phenoxy) is 2. The molecule has 0 saturated heterocycles. The van der Waals surface area contributed by atoms with E-state index in [1.165, 1.54) is 26.4 Å². The molecule has 1 aliphatic rings. The average Bonchev–Trinajstić information content (AvgIpc) is 2.84. The van der Waals surface area contributed by atoms with E-state index in [1.807, 2.05) is 6.07 Å². The van der Waals surface area contributed by atoms with Crippen LogP contribution in [-0.2, 0) is 6.54 Å². The van der Waals surface area contributed by atoms with E-state index in [-0.39, 0.29) is 5.75 Å². The zero-order chi connectivity index (χ0) is 15.2. The molecule has 1 aliphatic carbocycles. The van der Waals surface area contributed by atoms with Crippen molar-refractivity contribution in [2.45, 2.75) is 39.3 Å². The van der Waals surface area contributed by atoms with E-state index in [0.29, 0.717) is 12.3 Å². The van der Waals surface area contributed by atoms with Crippen LogP contribution in [0, 0.1) is 11.8 Å². The predicted octanol–water partition coefficient (Wildman–Crippen LogP) is 3.82. The number of methoxy groups -OCH3 is 1. The third kappa shape index (κ3) is 4.84. The van der Waals surface area contributed by atoms with Gasteiger partial charge in [0.15, 0.2) is 11.5 Å². The van der Waals surface area contributed by atoms with E-state index in [2.05, 4.69) is 17.0 Å². The highest BCUT2D eigenvalue weighted by atomic mass is 19.3. The molecule has 0 bridgehead atoms. The van der Waals surface area contributed by atoms with Crippen molar-refractivity contribution < 1.29 is 18.3 Å². The molecule has 2 unspecified atom stereocenters. The number of benzene rings is 1. The molecule has 118 valence electrons. The Labute approximate surface area is 124 Å². The van der Waals surface area contributed by atoms with Crippen LogP contribution in [0.3, 0.4) is 0 Å². The van der Waals surface area contributed by atoms with E-state index >= 15 is 0 Å². The van der Waals surface area contributed by atoms with Crippen LogP contribution in [0.1, 0.15) is 31.7 Å². The molecule has 1 N–H and O–H groups in total. The van der Waals surface area contributed by atoms with Gasteiger partial charge in [0.1, 0.15) is 0 Å². The monoisotopic (exact) mass is 299 g/mol. The third-order valence-electron chi connectivity index (χ3n) is 4.01. The minimum atomic E-state index is -2.85. The zero-order valence-electron chi connectivity index (χ0n) is 12.6. The topological polar surface area (TPSA) is 30.5 Å². The molecule has 0 amide bonds. The first-order chi connectivity index (χ1) is 10.1. The second kappa shape index (κ2) is 7.59. The molecule has 5 heteroatoms. The maximum atomic E-state index is 12.4. The van der Waals surface area contributed by atoms with Crippen molar-refractivity contribution in [1.29, 1.82) is 0 Å². The van der Waals surface area contributed by atoms with Crippen LogP contribution < -0.4 is 14.8 Å². The molecule has 1 saturated carbocycles. The van der Waals surface area contributed by atoms with E-state index in [4.69, 9.17) is 4.74 Å². The molecule has 1 aromatic rings. The fraction of sp³-hybridized carbons (Fsp3) is 0.625. The average molecular weight is 299 g/mol. The van der Waals surface area contributed by atoms with E-state index in [9.17, 15) is 8.78 Å². The lowest BCUT2D eigenvalue weighted by molar-refractivity contribution is -0.0512. The summed E-state index contributed by atoms with van der Waals surface area (Å²) in [7, 11) is 1.44. The van der Waals surface area contributed by atoms with E-state index in [1.54, 1.807) is 12.1 Å². The molecule has 2 rings (SSSR count). The van der Waals surface area contributed by atoms with Gasteiger partial charge in [0, 0.05) is 6.54 Å². The van der Waals surface area contributed by atoms with Crippen molar-refractivity contribution in [2.75, 3.05) is 13.7 Å². The van der Waals surface area contributed by atoms with Gasteiger partial charge in [0.05, 0.1) is 7.11 Å². The van der Waals surface area contributed by atoms with Gasteiger partial charge in [-0.25, -0.2) is 0 Å². The van der Waals surface area contributed by atoms with Crippen LogP contribution in [-0.4, -0.2) is 20.3 Å². The Morgan fingerprint density at radius 1 is 1.29 bits per heavy atom. The smallest absolute Gasteiger partial charge is 0.387 e. The Morgan fingerprint density at radius 3 is 2.71 bits per heavy atom. The van der Waals surface area contributed by atoms with Crippen LogP contribution in [0.4, 0.5) is 8.78 Å². The zero-order valence-corrected chi connectivity index (χ0v) is 12.6. The highest BCUT2D eigenvalue weighted by Crippen LogP contribution is 2.31. The Bertz CT molecular complexity index is 454. The quantitative estimate of drug-likeness (QED) is 0.830. The molecule has 0 heterocycles. The molecular weight excluding hydrogens is 276 g/mol. The summed E-state index contributed by atoms with van der Waals surface area (Å²) in [4.78, 5) is 0. The molecule has 2 atom stereocenters. The number of halogens is 2. The third-order valence-corrected chi connectivity index (χ3v) is 4.01. The molecule has 3 nitrogen and oxygen atoms in total. The minimum absolute atomic E-state index is 0.0845. The summed E-state index contributed by atoms with van der Waals surface area (Å²) in [5, 5.41) is 3.40. The number of alkyl halides is 2. The standard InChI is InChI=1S/C16H23F2NO2/c1-11-3-4-12(7-11)9-19-10-13-5-6-14(20-2)15(8-13)21-16(17)18/h5-6,8,11-12,16,19H,3-4,7,9-10H2,1-2H3. The summed E-state index contributed by atoms with van der Waals surface area (Å²) < 4.78 is 34.2. The van der Waals surface area contributed by atoms with Crippen LogP contribution in [0.5, 0.6) is 11.5 Å². The maximum absolute atomic E-state index is 12.4. The summed E-state index contributed by atoms with van der Waals surface area (Å²) in [6.45, 7) is 1.06. The maximum Gasteiger partial charge on any atom is 0.387 e. The second-order valence-electron chi connectivity index (χ2n) is 5.78. The summed E-state index contributed by atoms with van der Waals surface area (Å²) in [5.41, 5.74) is 0.914. The summed E-state index contributed by atoms with van der Waals surface area (Å²) >= 11 is 0. The van der Waals surface area contributed by atoms with Crippen molar-refractivity contribution in [3.63, 3.8) is 0 Å². The highest BCUT2D eigenvalue weighted by molar-refractivity contribution is 5.42. The number of nitrogens with one attached hydrogen (secondary N) is 1. The van der Waals surface area contributed by atoms with Gasteiger partial charge in [-0.05, 0) is 48.9 Å². The highest BCUT2D eigenvalue weighted by Gasteiger charge is 2.20. The molecule has 21 heavy (non-hydrogen) atoms. The Kier molecular flexibility index (Phi) is 5.79. The minimum Gasteiger partial charge on any atom is -0.493 e. The first kappa shape index (κ1) is 16.0. The fourth-order valence-corrected chi connectivity index (χ4v) is 2.95. The summed E-state index contributed by atoms with van der Waals surface area (Å²) in [6, 6.07) is 5.13. The summed E-state index contributed by atoms with van der Waals surface area (Å²) in [5.74, 6) is 1.96. The van der Waals surface area contributed by atoms with Gasteiger partial charge < -0.3 is 14.8 Å². The number of hydrogen-bond donors (Lipinski definition) is 1. The van der Waals surface area contributed by atoms with Gasteiger partial charge in [0.2, 0.25) is 0 Å². The van der Waals surface area contributed by atoms with E-state index < -0.39 is 6.61 Å². The number of rotatable bonds is 7. The molecule has 0 aromatic heterocycles. The van der Waals surface area contributed by atoms with E-state index in [0.717, 1.165) is 23.9 Å². The fourth-order valence-electron chi connectivity index (χ4n) is 2.95. The molecule has 0 aliphatic heterocycles. The molecule has 0 radical (unpaired) electrons. The van der Waals surface area contributed by atoms with Gasteiger partial charge in [-0.1, -0.05) is 19.4 Å². The Balaban J connectivity index is 1.87. The van der Waals surface area contributed by atoms with Crippen molar-refractivity contribution in [3.8, 4) is 11.5 Å². The SMILES string of the molecule is COc1ccc(CNCC2CCC(C)C2)cc1OC(F)F. The van der Waals surface area contributed by atoms with Gasteiger partial charge in [0.25, 0.3) is 0 Å². The van der Waals surface area contributed by atoms with Crippen molar-refractivity contribution in [1.82, 2.24) is 5.32 Å². The lowest BCUT2D eigenvalue weighted by Gasteiger charge is -2.13. The lowest BCUT2D eigenvalue weighted by Crippen LogP contribution is -2.21. The van der Waals surface area contributed by atoms with Crippen molar-refractivity contribution in [3.05, 3.63) is 23.8 Å². The van der Waals surface area contributed by atoms with Crippen LogP contribution in [0.2, 0.25) is 0 Å². The first-order valence-corrected chi connectivity index (χ1v) is 7.41. The van der Waals surface area contributed by atoms with Crippen LogP contribution in [0.25, 0.3) is 0 Å². The lowest BCUT2D eigenvalue weighted by atomic mass is 10.1. The predicted molar refractivity (Wildman–Crippen MR) is 77.8 cm³/mol. The molecular formula is C16H23F2NO2. The van der Waals surface area contributed by atoms with Gasteiger partial charge >= 0.3 is 6.61 Å². The van der Waals surface area contributed by atoms with Crippen molar-refractivity contribution >= 4 is 0 Å². The largest absolute Gasteiger partial charge is 0.493 e. The molecule has 1 aromatic carbocycles. The van der Waals surface area contributed by atoms with Crippen molar-refractivity contribution in [2.24, 2.45) is 11.8 Å². The summed E-state index contributed by atoms with van der Waals surface area (Å²) in [6.07, 6.45) is 3.85. The Hall–Kier alpha value is -1.36. The number of hydrogen-bond acceptors (Lipinski definition) is 3. The van der Waals surface area contributed by atoms with Gasteiger partial charge in [-0.15, -0.1) is 0 Å². The normalized spacial score (nSPS) is 21.8. The first-order valence-electron chi connectivity index (χ1n) is 7.41.